The molecule has 0 saturated carbocycles. The maximum Gasteiger partial charge on any atom is 0.225 e. The monoisotopic (exact) mass is 246 g/mol. The van der Waals surface area contributed by atoms with Crippen molar-refractivity contribution in [1.29, 1.82) is 0 Å². The van der Waals surface area contributed by atoms with Gasteiger partial charge in [0.05, 0.1) is 5.92 Å². The number of carbonyl (C=O) groups excluding carboxylic acids is 2. The minimum absolute atomic E-state index is 0.0365. The van der Waals surface area contributed by atoms with E-state index in [1.165, 1.54) is 5.56 Å². The Morgan fingerprint density at radius 1 is 1.39 bits per heavy atom. The third-order valence-electron chi connectivity index (χ3n) is 3.34. The smallest absolute Gasteiger partial charge is 0.225 e. The number of amides is 2. The summed E-state index contributed by atoms with van der Waals surface area (Å²) in [6, 6.07) is 10.1. The summed E-state index contributed by atoms with van der Waals surface area (Å²) in [4.78, 5) is 25.0. The summed E-state index contributed by atoms with van der Waals surface area (Å²) in [5.41, 5.74) is 1.22. The topological polar surface area (TPSA) is 49.4 Å². The minimum Gasteiger partial charge on any atom is -0.359 e. The van der Waals surface area contributed by atoms with E-state index < -0.39 is 0 Å². The Morgan fingerprint density at radius 2 is 2.11 bits per heavy atom. The Kier molecular flexibility index (Phi) is 3.97. The number of nitrogens with zero attached hydrogens (tertiary/aromatic N) is 1. The Hall–Kier alpha value is -1.84. The lowest BCUT2D eigenvalue weighted by molar-refractivity contribution is -0.128. The standard InChI is InChI=1S/C14H18N2O2/c1-15-14(18)12-9-13(17)16(10-12)8-7-11-5-3-2-4-6-11/h2-6,12H,7-10H2,1H3,(H,15,18)/t12-/m0/s1. The van der Waals surface area contributed by atoms with Crippen molar-refractivity contribution in [2.45, 2.75) is 12.8 Å². The molecule has 1 aliphatic heterocycles. The van der Waals surface area contributed by atoms with E-state index in [2.05, 4.69) is 17.4 Å². The van der Waals surface area contributed by atoms with Crippen molar-refractivity contribution in [1.82, 2.24) is 10.2 Å². The highest BCUT2D eigenvalue weighted by molar-refractivity contribution is 5.89. The summed E-state index contributed by atoms with van der Waals surface area (Å²) in [5, 5.41) is 2.60. The van der Waals surface area contributed by atoms with Crippen LogP contribution in [-0.4, -0.2) is 36.9 Å². The highest BCUT2D eigenvalue weighted by atomic mass is 16.2. The number of carbonyl (C=O) groups is 2. The van der Waals surface area contributed by atoms with Gasteiger partial charge in [-0.25, -0.2) is 0 Å². The SMILES string of the molecule is CNC(=O)[C@H]1CC(=O)N(CCc2ccccc2)C1. The Morgan fingerprint density at radius 3 is 2.78 bits per heavy atom. The molecule has 1 heterocycles. The molecule has 1 aromatic rings. The second-order valence-corrected chi connectivity index (χ2v) is 4.59. The molecule has 4 nitrogen and oxygen atoms in total. The van der Waals surface area contributed by atoms with Crippen LogP contribution in [0.1, 0.15) is 12.0 Å². The number of benzene rings is 1. The van der Waals surface area contributed by atoms with Gasteiger partial charge in [0.1, 0.15) is 0 Å². The van der Waals surface area contributed by atoms with Crippen LogP contribution < -0.4 is 5.32 Å². The van der Waals surface area contributed by atoms with Gasteiger partial charge in [-0.3, -0.25) is 9.59 Å². The number of likely N-dealkylation sites (tertiary alicyclic amines) is 1. The average molecular weight is 246 g/mol. The summed E-state index contributed by atoms with van der Waals surface area (Å²) >= 11 is 0. The molecule has 2 rings (SSSR count). The first kappa shape index (κ1) is 12.6. The van der Waals surface area contributed by atoms with Crippen LogP contribution in [0.5, 0.6) is 0 Å². The largest absolute Gasteiger partial charge is 0.359 e. The van der Waals surface area contributed by atoms with Gasteiger partial charge in [0.2, 0.25) is 11.8 Å². The van der Waals surface area contributed by atoms with E-state index in [9.17, 15) is 9.59 Å². The predicted molar refractivity (Wildman–Crippen MR) is 68.9 cm³/mol. The van der Waals surface area contributed by atoms with E-state index in [0.29, 0.717) is 19.5 Å². The van der Waals surface area contributed by atoms with Gasteiger partial charge in [0.15, 0.2) is 0 Å². The van der Waals surface area contributed by atoms with Crippen LogP contribution in [0, 0.1) is 5.92 Å². The molecule has 0 aliphatic carbocycles. The van der Waals surface area contributed by atoms with Gasteiger partial charge in [-0.15, -0.1) is 0 Å². The number of rotatable bonds is 4. The molecular weight excluding hydrogens is 228 g/mol. The molecular formula is C14H18N2O2. The second kappa shape index (κ2) is 5.67. The van der Waals surface area contributed by atoms with Gasteiger partial charge in [-0.05, 0) is 12.0 Å². The molecule has 1 N–H and O–H groups in total. The molecule has 96 valence electrons. The molecule has 18 heavy (non-hydrogen) atoms. The normalized spacial score (nSPS) is 19.1. The zero-order valence-electron chi connectivity index (χ0n) is 10.6. The average Bonchev–Trinajstić information content (AvgIpc) is 2.78. The lowest BCUT2D eigenvalue weighted by atomic mass is 10.1. The minimum atomic E-state index is -0.182. The fraction of sp³-hybridized carbons (Fsp3) is 0.429. The summed E-state index contributed by atoms with van der Waals surface area (Å²) in [5.74, 6) is -0.136. The van der Waals surface area contributed by atoms with Gasteiger partial charge in [-0.1, -0.05) is 30.3 Å². The molecule has 0 unspecified atom stereocenters. The van der Waals surface area contributed by atoms with Crippen LogP contribution >= 0.6 is 0 Å². The Labute approximate surface area is 107 Å². The molecule has 1 saturated heterocycles. The zero-order valence-corrected chi connectivity index (χ0v) is 10.6. The van der Waals surface area contributed by atoms with E-state index >= 15 is 0 Å². The molecule has 1 aromatic carbocycles. The van der Waals surface area contributed by atoms with Crippen molar-refractivity contribution in [2.75, 3.05) is 20.1 Å². The van der Waals surface area contributed by atoms with E-state index in [1.807, 2.05) is 18.2 Å². The predicted octanol–water partition coefficient (Wildman–Crippen LogP) is 0.824. The van der Waals surface area contributed by atoms with Crippen molar-refractivity contribution in [3.8, 4) is 0 Å². The van der Waals surface area contributed by atoms with Crippen molar-refractivity contribution < 1.29 is 9.59 Å². The Balaban J connectivity index is 1.87. The molecule has 0 radical (unpaired) electrons. The maximum atomic E-state index is 11.8. The van der Waals surface area contributed by atoms with Crippen LogP contribution in [0.4, 0.5) is 0 Å². The van der Waals surface area contributed by atoms with Crippen molar-refractivity contribution in [3.63, 3.8) is 0 Å². The summed E-state index contributed by atoms with van der Waals surface area (Å²) in [6.07, 6.45) is 1.18. The number of hydrogen-bond donors (Lipinski definition) is 1. The Bertz CT molecular complexity index is 431. The first-order valence-corrected chi connectivity index (χ1v) is 6.24. The molecule has 0 spiro atoms. The van der Waals surface area contributed by atoms with Crippen molar-refractivity contribution in [2.24, 2.45) is 5.92 Å². The fourth-order valence-corrected chi connectivity index (χ4v) is 2.28. The van der Waals surface area contributed by atoms with Crippen molar-refractivity contribution >= 4 is 11.8 Å². The second-order valence-electron chi connectivity index (χ2n) is 4.59. The molecule has 2 amide bonds. The lowest BCUT2D eigenvalue weighted by Gasteiger charge is -2.16. The quantitative estimate of drug-likeness (QED) is 0.855. The highest BCUT2D eigenvalue weighted by Crippen LogP contribution is 2.18. The first-order valence-electron chi connectivity index (χ1n) is 6.24. The van der Waals surface area contributed by atoms with E-state index in [-0.39, 0.29) is 17.7 Å². The summed E-state index contributed by atoms with van der Waals surface area (Å²) in [7, 11) is 1.61. The number of nitrogens with one attached hydrogen (secondary N) is 1. The van der Waals surface area contributed by atoms with E-state index in [1.54, 1.807) is 11.9 Å². The van der Waals surface area contributed by atoms with Gasteiger partial charge in [0.25, 0.3) is 0 Å². The van der Waals surface area contributed by atoms with Crippen molar-refractivity contribution in [3.05, 3.63) is 35.9 Å². The van der Waals surface area contributed by atoms with Gasteiger partial charge in [0, 0.05) is 26.6 Å². The summed E-state index contributed by atoms with van der Waals surface area (Å²) in [6.45, 7) is 1.24. The van der Waals surface area contributed by atoms with Crippen LogP contribution in [-0.2, 0) is 16.0 Å². The van der Waals surface area contributed by atoms with E-state index in [0.717, 1.165) is 6.42 Å². The zero-order chi connectivity index (χ0) is 13.0. The molecule has 0 aromatic heterocycles. The molecule has 1 atom stereocenters. The first-order chi connectivity index (χ1) is 8.70. The van der Waals surface area contributed by atoms with Crippen LogP contribution in [0.25, 0.3) is 0 Å². The molecule has 1 aliphatic rings. The van der Waals surface area contributed by atoms with Crippen LogP contribution in [0.2, 0.25) is 0 Å². The third kappa shape index (κ3) is 2.88. The molecule has 0 bridgehead atoms. The van der Waals surface area contributed by atoms with Gasteiger partial charge < -0.3 is 10.2 Å². The summed E-state index contributed by atoms with van der Waals surface area (Å²) < 4.78 is 0. The number of hydrogen-bond acceptors (Lipinski definition) is 2. The molecule has 4 heteroatoms. The lowest BCUT2D eigenvalue weighted by Crippen LogP contribution is -2.31. The highest BCUT2D eigenvalue weighted by Gasteiger charge is 2.33. The third-order valence-corrected chi connectivity index (χ3v) is 3.34. The molecule has 1 fully saturated rings. The van der Waals surface area contributed by atoms with Gasteiger partial charge in [-0.2, -0.15) is 0 Å². The van der Waals surface area contributed by atoms with E-state index in [4.69, 9.17) is 0 Å². The fourth-order valence-electron chi connectivity index (χ4n) is 2.28. The van der Waals surface area contributed by atoms with Crippen LogP contribution in [0.15, 0.2) is 30.3 Å². The van der Waals surface area contributed by atoms with Gasteiger partial charge >= 0.3 is 0 Å². The maximum absolute atomic E-state index is 11.8. The van der Waals surface area contributed by atoms with Crippen LogP contribution in [0.3, 0.4) is 0 Å².